The monoisotopic (exact) mass is 218 g/mol. The van der Waals surface area contributed by atoms with Crippen LogP contribution in [0.15, 0.2) is 12.1 Å². The lowest BCUT2D eigenvalue weighted by molar-refractivity contribution is 0.107. The Kier molecular flexibility index (Phi) is 3.17. The lowest BCUT2D eigenvalue weighted by Crippen LogP contribution is -1.97. The number of carbonyl (C=O) groups excluding carboxylic acids is 1. The van der Waals surface area contributed by atoms with Crippen LogP contribution in [0.1, 0.15) is 15.9 Å². The fourth-order valence-electron chi connectivity index (χ4n) is 1.02. The predicted octanol–water partition coefficient (Wildman–Crippen LogP) is 3.04. The zero-order valence-corrected chi connectivity index (χ0v) is 8.74. The Morgan fingerprint density at radius 2 is 2.08 bits per heavy atom. The van der Waals surface area contributed by atoms with Crippen LogP contribution in [0.4, 0.5) is 0 Å². The minimum atomic E-state index is -0.606. The van der Waals surface area contributed by atoms with Gasteiger partial charge in [0.2, 0.25) is 0 Å². The second-order valence-corrected chi connectivity index (χ2v) is 3.27. The van der Waals surface area contributed by atoms with Crippen molar-refractivity contribution >= 4 is 28.4 Å². The van der Waals surface area contributed by atoms with Crippen LogP contribution in [-0.2, 0) is 0 Å². The Bertz CT molecular complexity index is 348. The van der Waals surface area contributed by atoms with Crippen molar-refractivity contribution in [1.82, 2.24) is 0 Å². The zero-order chi connectivity index (χ0) is 10.0. The molecule has 1 aromatic carbocycles. The first-order valence-corrected chi connectivity index (χ1v) is 4.36. The molecule has 0 saturated heterocycles. The van der Waals surface area contributed by atoms with Gasteiger partial charge in [-0.3, -0.25) is 4.79 Å². The molecule has 0 heterocycles. The van der Waals surface area contributed by atoms with E-state index in [4.69, 9.17) is 27.9 Å². The minimum Gasteiger partial charge on any atom is -0.496 e. The van der Waals surface area contributed by atoms with Gasteiger partial charge in [0, 0.05) is 0 Å². The highest BCUT2D eigenvalue weighted by molar-refractivity contribution is 6.69. The zero-order valence-electron chi connectivity index (χ0n) is 7.23. The molecule has 0 spiro atoms. The van der Waals surface area contributed by atoms with Crippen molar-refractivity contribution in [1.29, 1.82) is 0 Å². The Labute approximate surface area is 86.4 Å². The average molecular weight is 219 g/mol. The number of hydrogen-bond donors (Lipinski definition) is 0. The van der Waals surface area contributed by atoms with Gasteiger partial charge in [-0.15, -0.1) is 0 Å². The van der Waals surface area contributed by atoms with Crippen LogP contribution in [0.25, 0.3) is 0 Å². The molecule has 0 amide bonds. The molecule has 0 N–H and O–H groups in total. The molecule has 4 heteroatoms. The van der Waals surface area contributed by atoms with E-state index in [1.165, 1.54) is 7.11 Å². The van der Waals surface area contributed by atoms with Crippen molar-refractivity contribution < 1.29 is 9.53 Å². The van der Waals surface area contributed by atoms with E-state index in [1.807, 2.05) is 0 Å². The Balaban J connectivity index is 3.41. The highest BCUT2D eigenvalue weighted by Crippen LogP contribution is 2.30. The Morgan fingerprint density at radius 3 is 2.54 bits per heavy atom. The van der Waals surface area contributed by atoms with Crippen LogP contribution in [-0.4, -0.2) is 12.4 Å². The molecule has 0 aliphatic carbocycles. The lowest BCUT2D eigenvalue weighted by Gasteiger charge is -2.08. The lowest BCUT2D eigenvalue weighted by atomic mass is 10.1. The third kappa shape index (κ3) is 1.95. The van der Waals surface area contributed by atoms with Gasteiger partial charge < -0.3 is 4.74 Å². The summed E-state index contributed by atoms with van der Waals surface area (Å²) in [4.78, 5) is 11.0. The van der Waals surface area contributed by atoms with Crippen molar-refractivity contribution in [2.75, 3.05) is 7.11 Å². The van der Waals surface area contributed by atoms with E-state index < -0.39 is 5.24 Å². The predicted molar refractivity (Wildman–Crippen MR) is 52.9 cm³/mol. The second-order valence-electron chi connectivity index (χ2n) is 2.55. The first kappa shape index (κ1) is 10.4. The SMILES string of the molecule is COc1ccc(C)c(Cl)c1C(=O)Cl. The number of carbonyl (C=O) groups is 1. The van der Waals surface area contributed by atoms with Crippen LogP contribution in [0.5, 0.6) is 5.75 Å². The van der Waals surface area contributed by atoms with Crippen molar-refractivity contribution in [2.45, 2.75) is 6.92 Å². The standard InChI is InChI=1S/C9H8Cl2O2/c1-5-3-4-6(13-2)7(8(5)10)9(11)12/h3-4H,1-2H3. The van der Waals surface area contributed by atoms with E-state index in [9.17, 15) is 4.79 Å². The highest BCUT2D eigenvalue weighted by atomic mass is 35.5. The molecule has 0 atom stereocenters. The number of aryl methyl sites for hydroxylation is 1. The highest BCUT2D eigenvalue weighted by Gasteiger charge is 2.15. The number of rotatable bonds is 2. The summed E-state index contributed by atoms with van der Waals surface area (Å²) in [6.07, 6.45) is 0. The quantitative estimate of drug-likeness (QED) is 0.714. The van der Waals surface area contributed by atoms with Gasteiger partial charge in [-0.25, -0.2) is 0 Å². The summed E-state index contributed by atoms with van der Waals surface area (Å²) in [7, 11) is 1.46. The molecule has 0 radical (unpaired) electrons. The summed E-state index contributed by atoms with van der Waals surface area (Å²) in [6.45, 7) is 1.80. The van der Waals surface area contributed by atoms with Crippen molar-refractivity contribution in [3.05, 3.63) is 28.3 Å². The van der Waals surface area contributed by atoms with Gasteiger partial charge in [0.1, 0.15) is 5.75 Å². The summed E-state index contributed by atoms with van der Waals surface area (Å²) in [5, 5.41) is -0.259. The molecule has 0 bridgehead atoms. The first-order chi connectivity index (χ1) is 6.07. The first-order valence-electron chi connectivity index (χ1n) is 3.61. The van der Waals surface area contributed by atoms with Crippen LogP contribution in [0.3, 0.4) is 0 Å². The maximum atomic E-state index is 11.0. The van der Waals surface area contributed by atoms with Gasteiger partial charge in [-0.1, -0.05) is 17.7 Å². The smallest absolute Gasteiger partial charge is 0.257 e. The molecule has 0 aliphatic heterocycles. The number of benzene rings is 1. The summed E-state index contributed by atoms with van der Waals surface area (Å²) in [6, 6.07) is 3.43. The van der Waals surface area contributed by atoms with Crippen LogP contribution in [0, 0.1) is 6.92 Å². The van der Waals surface area contributed by atoms with Crippen molar-refractivity contribution in [3.63, 3.8) is 0 Å². The average Bonchev–Trinajstić information content (AvgIpc) is 2.08. The largest absolute Gasteiger partial charge is 0.496 e. The number of halogens is 2. The van der Waals surface area contributed by atoms with E-state index >= 15 is 0 Å². The van der Waals surface area contributed by atoms with Gasteiger partial charge in [0.05, 0.1) is 17.7 Å². The van der Waals surface area contributed by atoms with Crippen molar-refractivity contribution in [2.24, 2.45) is 0 Å². The fraction of sp³-hybridized carbons (Fsp3) is 0.222. The molecular formula is C9H8Cl2O2. The molecule has 0 fully saturated rings. The van der Waals surface area contributed by atoms with Gasteiger partial charge in [-0.2, -0.15) is 0 Å². The number of hydrogen-bond acceptors (Lipinski definition) is 2. The minimum absolute atomic E-state index is 0.228. The summed E-state index contributed by atoms with van der Waals surface area (Å²) in [5.41, 5.74) is 1.03. The van der Waals surface area contributed by atoms with Gasteiger partial charge >= 0.3 is 0 Å². The van der Waals surface area contributed by atoms with E-state index in [1.54, 1.807) is 19.1 Å². The molecule has 70 valence electrons. The maximum absolute atomic E-state index is 11.0. The second kappa shape index (κ2) is 3.99. The molecule has 0 aromatic heterocycles. The maximum Gasteiger partial charge on any atom is 0.257 e. The van der Waals surface area contributed by atoms with E-state index in [-0.39, 0.29) is 5.56 Å². The summed E-state index contributed by atoms with van der Waals surface area (Å²) in [5.74, 6) is 0.399. The normalized spacial score (nSPS) is 9.85. The third-order valence-corrected chi connectivity index (χ3v) is 2.39. The summed E-state index contributed by atoms with van der Waals surface area (Å²) >= 11 is 11.2. The molecule has 0 aliphatic rings. The van der Waals surface area contributed by atoms with E-state index in [0.717, 1.165) is 5.56 Å². The molecule has 0 saturated carbocycles. The number of ether oxygens (including phenoxy) is 1. The molecule has 2 nitrogen and oxygen atoms in total. The molecule has 1 aromatic rings. The topological polar surface area (TPSA) is 26.3 Å². The molecule has 0 unspecified atom stereocenters. The van der Waals surface area contributed by atoms with E-state index in [2.05, 4.69) is 0 Å². The van der Waals surface area contributed by atoms with Crippen LogP contribution < -0.4 is 4.74 Å². The van der Waals surface area contributed by atoms with E-state index in [0.29, 0.717) is 10.8 Å². The van der Waals surface area contributed by atoms with Crippen LogP contribution >= 0.6 is 23.2 Å². The Hall–Kier alpha value is -0.730. The van der Waals surface area contributed by atoms with Gasteiger partial charge in [-0.05, 0) is 30.2 Å². The third-order valence-electron chi connectivity index (χ3n) is 1.71. The van der Waals surface area contributed by atoms with Gasteiger partial charge in [0.15, 0.2) is 0 Å². The summed E-state index contributed by atoms with van der Waals surface area (Å²) < 4.78 is 4.95. The molecule has 13 heavy (non-hydrogen) atoms. The van der Waals surface area contributed by atoms with Crippen molar-refractivity contribution in [3.8, 4) is 5.75 Å². The fourth-order valence-corrected chi connectivity index (χ4v) is 1.49. The van der Waals surface area contributed by atoms with Gasteiger partial charge in [0.25, 0.3) is 5.24 Å². The number of methoxy groups -OCH3 is 1. The molecular weight excluding hydrogens is 211 g/mol. The molecule has 1 rings (SSSR count). The Morgan fingerprint density at radius 1 is 1.46 bits per heavy atom. The van der Waals surface area contributed by atoms with Crippen LogP contribution in [0.2, 0.25) is 5.02 Å².